The number of halogens is 3. The van der Waals surface area contributed by atoms with E-state index in [1.807, 2.05) is 54.6 Å². The third-order valence-corrected chi connectivity index (χ3v) is 6.14. The quantitative estimate of drug-likeness (QED) is 0.322. The van der Waals surface area contributed by atoms with Crippen molar-refractivity contribution in [3.8, 4) is 0 Å². The Kier molecular flexibility index (Phi) is 8.01. The molecule has 0 saturated carbocycles. The minimum absolute atomic E-state index is 0.0767. The van der Waals surface area contributed by atoms with Gasteiger partial charge in [0.15, 0.2) is 0 Å². The number of fused-ring (bicyclic) bond motifs is 1. The molecule has 9 heteroatoms. The average Bonchev–Trinajstić information content (AvgIpc) is 3.03. The Labute approximate surface area is 213 Å². The van der Waals surface area contributed by atoms with Gasteiger partial charge in [0.1, 0.15) is 6.61 Å². The first-order chi connectivity index (χ1) is 17.7. The second-order valence-electron chi connectivity index (χ2n) is 9.00. The first kappa shape index (κ1) is 26.1. The number of aryl methyl sites for hydroxylation is 2. The summed E-state index contributed by atoms with van der Waals surface area (Å²) in [6.07, 6.45) is -3.53. The van der Waals surface area contributed by atoms with E-state index < -0.39 is 23.9 Å². The standard InChI is InChI=1S/C28H28F3N3O3/c1-18-13-24-25(15-22(18)28(29,30)31)34-26(35)16-23(33-24)21-11-5-9-19(14-21)10-6-12-32-27(36)37-17-20-7-3-2-4-8-20/h2-5,7-9,11,13-15,23,33H,6,10,12,16-17H2,1H3,(H,32,36)(H,34,35). The van der Waals surface area contributed by atoms with Crippen molar-refractivity contribution in [2.45, 2.75) is 45.0 Å². The molecule has 3 aromatic rings. The number of benzene rings is 3. The molecule has 0 aromatic heterocycles. The summed E-state index contributed by atoms with van der Waals surface area (Å²) < 4.78 is 45.2. The molecule has 0 spiro atoms. The number of carbonyl (C=O) groups is 2. The summed E-state index contributed by atoms with van der Waals surface area (Å²) in [7, 11) is 0. The summed E-state index contributed by atoms with van der Waals surface area (Å²) in [5.41, 5.74) is 2.66. The van der Waals surface area contributed by atoms with Crippen LogP contribution in [0.2, 0.25) is 0 Å². The lowest BCUT2D eigenvalue weighted by Gasteiger charge is -2.20. The predicted octanol–water partition coefficient (Wildman–Crippen LogP) is 6.37. The molecule has 2 amide bonds. The molecule has 1 aliphatic rings. The molecule has 0 fully saturated rings. The summed E-state index contributed by atoms with van der Waals surface area (Å²) in [4.78, 5) is 24.4. The van der Waals surface area contributed by atoms with Gasteiger partial charge < -0.3 is 20.7 Å². The van der Waals surface area contributed by atoms with Gasteiger partial charge in [-0.1, -0.05) is 54.6 Å². The van der Waals surface area contributed by atoms with Crippen molar-refractivity contribution in [1.29, 1.82) is 0 Å². The summed E-state index contributed by atoms with van der Waals surface area (Å²) in [5.74, 6) is -0.364. The number of nitrogens with one attached hydrogen (secondary N) is 3. The minimum atomic E-state index is -4.50. The van der Waals surface area contributed by atoms with Crippen LogP contribution in [0.1, 0.15) is 46.7 Å². The molecule has 1 heterocycles. The van der Waals surface area contributed by atoms with Crippen LogP contribution < -0.4 is 16.0 Å². The van der Waals surface area contributed by atoms with E-state index >= 15 is 0 Å². The minimum Gasteiger partial charge on any atom is -0.445 e. The molecule has 4 rings (SSSR count). The van der Waals surface area contributed by atoms with Crippen LogP contribution in [0.5, 0.6) is 0 Å². The fourth-order valence-electron chi connectivity index (χ4n) is 4.29. The summed E-state index contributed by atoms with van der Waals surface area (Å²) in [6, 6.07) is 19.1. The lowest BCUT2D eigenvalue weighted by molar-refractivity contribution is -0.138. The fraction of sp³-hybridized carbons (Fsp3) is 0.286. The van der Waals surface area contributed by atoms with Gasteiger partial charge in [-0.05, 0) is 54.2 Å². The smallest absolute Gasteiger partial charge is 0.416 e. The van der Waals surface area contributed by atoms with E-state index in [0.29, 0.717) is 25.1 Å². The molecule has 0 radical (unpaired) electrons. The highest BCUT2D eigenvalue weighted by molar-refractivity contribution is 5.97. The van der Waals surface area contributed by atoms with E-state index in [-0.39, 0.29) is 30.2 Å². The Bertz CT molecular complexity index is 1260. The van der Waals surface area contributed by atoms with Crippen LogP contribution >= 0.6 is 0 Å². The molecule has 3 aromatic carbocycles. The van der Waals surface area contributed by atoms with E-state index in [0.717, 1.165) is 22.8 Å². The summed E-state index contributed by atoms with van der Waals surface area (Å²) in [5, 5.41) is 8.57. The highest BCUT2D eigenvalue weighted by Crippen LogP contribution is 2.39. The molecule has 1 aliphatic heterocycles. The van der Waals surface area contributed by atoms with Crippen molar-refractivity contribution in [3.05, 3.63) is 94.5 Å². The molecular weight excluding hydrogens is 483 g/mol. The lowest BCUT2D eigenvalue weighted by Crippen LogP contribution is -2.25. The lowest BCUT2D eigenvalue weighted by atomic mass is 9.99. The molecular formula is C28H28F3N3O3. The van der Waals surface area contributed by atoms with Gasteiger partial charge >= 0.3 is 12.3 Å². The maximum absolute atomic E-state index is 13.3. The zero-order chi connectivity index (χ0) is 26.4. The van der Waals surface area contributed by atoms with Crippen LogP contribution in [-0.2, 0) is 28.7 Å². The molecule has 6 nitrogen and oxygen atoms in total. The van der Waals surface area contributed by atoms with Gasteiger partial charge in [-0.3, -0.25) is 4.79 Å². The number of alkyl halides is 3. The normalized spacial score (nSPS) is 15.1. The van der Waals surface area contributed by atoms with Crippen LogP contribution in [0.25, 0.3) is 0 Å². The van der Waals surface area contributed by atoms with Gasteiger partial charge in [0.2, 0.25) is 5.91 Å². The number of anilines is 2. The van der Waals surface area contributed by atoms with Crippen molar-refractivity contribution in [3.63, 3.8) is 0 Å². The third kappa shape index (κ3) is 7.03. The molecule has 1 atom stereocenters. The van der Waals surface area contributed by atoms with Crippen molar-refractivity contribution in [2.75, 3.05) is 17.2 Å². The predicted molar refractivity (Wildman–Crippen MR) is 135 cm³/mol. The number of hydrogen-bond acceptors (Lipinski definition) is 4. The molecule has 3 N–H and O–H groups in total. The Hall–Kier alpha value is -4.01. The molecule has 0 saturated heterocycles. The second kappa shape index (κ2) is 11.4. The van der Waals surface area contributed by atoms with Crippen molar-refractivity contribution in [2.24, 2.45) is 0 Å². The van der Waals surface area contributed by atoms with Crippen LogP contribution in [0, 0.1) is 6.92 Å². The third-order valence-electron chi connectivity index (χ3n) is 6.14. The van der Waals surface area contributed by atoms with Crippen molar-refractivity contribution in [1.82, 2.24) is 5.32 Å². The number of rotatable bonds is 7. The highest BCUT2D eigenvalue weighted by Gasteiger charge is 2.34. The van der Waals surface area contributed by atoms with E-state index in [4.69, 9.17) is 4.74 Å². The maximum Gasteiger partial charge on any atom is 0.416 e. The van der Waals surface area contributed by atoms with Crippen LogP contribution in [-0.4, -0.2) is 18.5 Å². The van der Waals surface area contributed by atoms with E-state index in [9.17, 15) is 22.8 Å². The maximum atomic E-state index is 13.3. The van der Waals surface area contributed by atoms with E-state index in [1.54, 1.807) is 0 Å². The number of carbonyl (C=O) groups excluding carboxylic acids is 2. The Balaban J connectivity index is 1.34. The van der Waals surface area contributed by atoms with E-state index in [1.165, 1.54) is 13.0 Å². The monoisotopic (exact) mass is 511 g/mol. The number of alkyl carbamates (subject to hydrolysis) is 1. The van der Waals surface area contributed by atoms with Crippen molar-refractivity contribution < 1.29 is 27.5 Å². The largest absolute Gasteiger partial charge is 0.445 e. The van der Waals surface area contributed by atoms with Crippen LogP contribution in [0.3, 0.4) is 0 Å². The van der Waals surface area contributed by atoms with Gasteiger partial charge in [-0.2, -0.15) is 13.2 Å². The van der Waals surface area contributed by atoms with Gasteiger partial charge in [0.05, 0.1) is 29.4 Å². The van der Waals surface area contributed by atoms with Crippen molar-refractivity contribution >= 4 is 23.4 Å². The molecule has 37 heavy (non-hydrogen) atoms. The molecule has 1 unspecified atom stereocenters. The Morgan fingerprint density at radius 1 is 1.03 bits per heavy atom. The SMILES string of the molecule is Cc1cc2c(cc1C(F)(F)F)NC(=O)CC(c1cccc(CCCNC(=O)OCc3ccccc3)c1)N2. The number of hydrogen-bond donors (Lipinski definition) is 3. The zero-order valence-electron chi connectivity index (χ0n) is 20.3. The second-order valence-corrected chi connectivity index (χ2v) is 9.00. The summed E-state index contributed by atoms with van der Waals surface area (Å²) >= 11 is 0. The first-order valence-electron chi connectivity index (χ1n) is 12.0. The highest BCUT2D eigenvalue weighted by atomic mass is 19.4. The molecule has 0 aliphatic carbocycles. The van der Waals surface area contributed by atoms with E-state index in [2.05, 4.69) is 16.0 Å². The van der Waals surface area contributed by atoms with Gasteiger partial charge in [-0.15, -0.1) is 0 Å². The van der Waals surface area contributed by atoms with Gasteiger partial charge in [-0.25, -0.2) is 4.79 Å². The zero-order valence-corrected chi connectivity index (χ0v) is 20.3. The molecule has 0 bridgehead atoms. The van der Waals surface area contributed by atoms with Crippen LogP contribution in [0.15, 0.2) is 66.7 Å². The summed E-state index contributed by atoms with van der Waals surface area (Å²) in [6.45, 7) is 2.05. The first-order valence-corrected chi connectivity index (χ1v) is 12.0. The Morgan fingerprint density at radius 2 is 1.78 bits per heavy atom. The van der Waals surface area contributed by atoms with Gasteiger partial charge in [0.25, 0.3) is 0 Å². The molecule has 194 valence electrons. The topological polar surface area (TPSA) is 79.5 Å². The fourth-order valence-corrected chi connectivity index (χ4v) is 4.29. The number of amides is 2. The Morgan fingerprint density at radius 3 is 2.54 bits per heavy atom. The van der Waals surface area contributed by atoms with Gasteiger partial charge in [0, 0.05) is 6.54 Å². The van der Waals surface area contributed by atoms with Crippen LogP contribution in [0.4, 0.5) is 29.3 Å². The average molecular weight is 512 g/mol. The number of ether oxygens (including phenoxy) is 1.